The highest BCUT2D eigenvalue weighted by atomic mass is 19.1. The van der Waals surface area contributed by atoms with Crippen LogP contribution >= 0.6 is 0 Å². The molecule has 1 fully saturated rings. The highest BCUT2D eigenvalue weighted by Gasteiger charge is 2.32. The molecule has 1 aliphatic heterocycles. The molecule has 3 heterocycles. The number of halogens is 2. The molecule has 1 atom stereocenters. The molecule has 0 saturated carbocycles. The van der Waals surface area contributed by atoms with Crippen molar-refractivity contribution < 1.29 is 23.4 Å². The van der Waals surface area contributed by atoms with Crippen LogP contribution < -0.4 is 10.6 Å². The number of hydrogen-bond donors (Lipinski definition) is 1. The molecule has 41 heavy (non-hydrogen) atoms. The van der Waals surface area contributed by atoms with Gasteiger partial charge in [-0.05, 0) is 59.0 Å². The first-order valence-electron chi connectivity index (χ1n) is 13.4. The van der Waals surface area contributed by atoms with Gasteiger partial charge >= 0.3 is 11.8 Å². The summed E-state index contributed by atoms with van der Waals surface area (Å²) in [5.74, 6) is -2.11. The summed E-state index contributed by atoms with van der Waals surface area (Å²) in [6, 6.07) is 4.41. The number of carbonyl (C=O) groups is 1. The molecule has 218 valence electrons. The minimum absolute atomic E-state index is 0.00178. The van der Waals surface area contributed by atoms with E-state index in [1.165, 1.54) is 18.3 Å². The Morgan fingerprint density at radius 1 is 1.24 bits per heavy atom. The van der Waals surface area contributed by atoms with Crippen molar-refractivity contribution in [3.05, 3.63) is 52.1 Å². The van der Waals surface area contributed by atoms with Crippen molar-refractivity contribution >= 4 is 35.9 Å². The van der Waals surface area contributed by atoms with Crippen LogP contribution in [0.15, 0.2) is 39.7 Å². The molecule has 1 aliphatic rings. The van der Waals surface area contributed by atoms with E-state index in [1.807, 2.05) is 13.8 Å². The molecule has 1 amide bonds. The van der Waals surface area contributed by atoms with Crippen LogP contribution in [0.2, 0.25) is 0 Å². The Balaban J connectivity index is 1.89. The normalized spacial score (nSPS) is 16.3. The molecule has 4 rings (SSSR count). The van der Waals surface area contributed by atoms with Gasteiger partial charge in [-0.2, -0.15) is 4.98 Å². The third-order valence-corrected chi connectivity index (χ3v) is 6.60. The number of carbonyl (C=O) groups excluding carboxylic acids is 1. The summed E-state index contributed by atoms with van der Waals surface area (Å²) in [6.45, 7) is 13.6. The van der Waals surface area contributed by atoms with Gasteiger partial charge in [-0.15, -0.1) is 0 Å². The van der Waals surface area contributed by atoms with Crippen molar-refractivity contribution in [2.75, 3.05) is 24.5 Å². The van der Waals surface area contributed by atoms with E-state index in [1.54, 1.807) is 30.6 Å². The lowest BCUT2D eigenvalue weighted by Crippen LogP contribution is -2.55. The molecule has 3 aromatic rings. The van der Waals surface area contributed by atoms with Crippen molar-refractivity contribution in [1.29, 1.82) is 0 Å². The zero-order chi connectivity index (χ0) is 30.1. The first-order chi connectivity index (χ1) is 19.3. The molecule has 1 N–H and O–H groups in total. The molecular weight excluding hydrogens is 534 g/mol. The van der Waals surface area contributed by atoms with Gasteiger partial charge < -0.3 is 19.6 Å². The van der Waals surface area contributed by atoms with Gasteiger partial charge in [-0.25, -0.2) is 27.9 Å². The number of piperazine rings is 1. The number of rotatable bonds is 6. The fourth-order valence-electron chi connectivity index (χ4n) is 4.73. The lowest BCUT2D eigenvalue weighted by atomic mass is 10.1. The van der Waals surface area contributed by atoms with E-state index in [2.05, 4.69) is 21.7 Å². The lowest BCUT2D eigenvalue weighted by molar-refractivity contribution is 0.0218. The maximum Gasteiger partial charge on any atom is 0.410 e. The van der Waals surface area contributed by atoms with E-state index >= 15 is 4.39 Å². The number of pyridine rings is 1. The Hall–Kier alpha value is -4.35. The molecule has 1 saturated heterocycles. The third-order valence-electron chi connectivity index (χ3n) is 6.60. The molecule has 10 nitrogen and oxygen atoms in total. The lowest BCUT2D eigenvalue weighted by Gasteiger charge is -2.41. The average molecular weight is 569 g/mol. The number of nitrogens with zero attached hydrogens (tertiary/aromatic N) is 6. The second-order valence-corrected chi connectivity index (χ2v) is 10.9. The first-order valence-corrected chi connectivity index (χ1v) is 13.4. The van der Waals surface area contributed by atoms with Gasteiger partial charge in [-0.1, -0.05) is 19.4 Å². The number of ether oxygens (including phenoxy) is 1. The second kappa shape index (κ2) is 11.6. The smallest absolute Gasteiger partial charge is 0.410 e. The van der Waals surface area contributed by atoms with Crippen LogP contribution in [0.25, 0.3) is 28.5 Å². The summed E-state index contributed by atoms with van der Waals surface area (Å²) in [5, 5.41) is 10.5. The maximum atomic E-state index is 15.6. The number of anilines is 1. The van der Waals surface area contributed by atoms with E-state index < -0.39 is 46.0 Å². The molecule has 0 aliphatic carbocycles. The van der Waals surface area contributed by atoms with Gasteiger partial charge in [0, 0.05) is 31.9 Å². The van der Waals surface area contributed by atoms with Crippen LogP contribution in [-0.2, 0) is 4.74 Å². The van der Waals surface area contributed by atoms with Crippen molar-refractivity contribution in [3.8, 4) is 17.0 Å². The van der Waals surface area contributed by atoms with E-state index in [0.717, 1.165) is 23.1 Å². The predicted molar refractivity (Wildman–Crippen MR) is 154 cm³/mol. The number of benzene rings is 1. The van der Waals surface area contributed by atoms with Gasteiger partial charge in [0.25, 0.3) is 0 Å². The van der Waals surface area contributed by atoms with Crippen LogP contribution in [0.1, 0.15) is 47.5 Å². The highest BCUT2D eigenvalue weighted by Crippen LogP contribution is 2.35. The van der Waals surface area contributed by atoms with Crippen molar-refractivity contribution in [2.24, 2.45) is 4.99 Å². The van der Waals surface area contributed by atoms with Gasteiger partial charge in [0.15, 0.2) is 11.5 Å². The number of aromatic nitrogens is 3. The number of amides is 1. The minimum atomic E-state index is -0.911. The molecule has 1 aromatic carbocycles. The number of fused-ring (bicyclic) bond motifs is 1. The fraction of sp³-hybridized carbons (Fsp3) is 0.414. The zero-order valence-electron chi connectivity index (χ0n) is 23.8. The zero-order valence-corrected chi connectivity index (χ0v) is 23.8. The van der Waals surface area contributed by atoms with E-state index in [-0.39, 0.29) is 42.5 Å². The summed E-state index contributed by atoms with van der Waals surface area (Å²) in [7, 11) is 0. The van der Waals surface area contributed by atoms with E-state index in [9.17, 15) is 19.1 Å². The standard InChI is InChI=1S/C29H34F2N6O4/c1-7-9-18(32-6)16-37-25-19(14-21(31)24(33-25)23-20(30)10-8-11-22(23)38)26(34-27(37)39)36-13-12-35(15-17(36)2)28(40)41-29(3,4)5/h8,10-11,14,16-17,38H,6-7,9,12-13,15H2,1-5H3/b18-16+/t17-/m0/s1. The van der Waals surface area contributed by atoms with E-state index in [4.69, 9.17) is 4.74 Å². The number of allylic oxidation sites excluding steroid dienone is 1. The van der Waals surface area contributed by atoms with Gasteiger partial charge in [-0.3, -0.25) is 4.99 Å². The predicted octanol–water partition coefficient (Wildman–Crippen LogP) is 5.19. The maximum absolute atomic E-state index is 15.6. The van der Waals surface area contributed by atoms with Crippen LogP contribution in [0, 0.1) is 11.6 Å². The topological polar surface area (TPSA) is 113 Å². The summed E-state index contributed by atoms with van der Waals surface area (Å²) in [4.78, 5) is 42.1. The Kier molecular flexibility index (Phi) is 8.41. The van der Waals surface area contributed by atoms with Gasteiger partial charge in [0.1, 0.15) is 28.7 Å². The number of aliphatic imine (C=N–C) groups is 1. The number of hydrogen-bond acceptors (Lipinski definition) is 8. The quantitative estimate of drug-likeness (QED) is 0.408. The fourth-order valence-corrected chi connectivity index (χ4v) is 4.73. The van der Waals surface area contributed by atoms with Crippen LogP contribution in [0.4, 0.5) is 19.4 Å². The Labute approximate surface area is 236 Å². The average Bonchev–Trinajstić information content (AvgIpc) is 2.89. The molecule has 2 aromatic heterocycles. The van der Waals surface area contributed by atoms with Crippen molar-refractivity contribution in [1.82, 2.24) is 19.4 Å². The summed E-state index contributed by atoms with van der Waals surface area (Å²) in [6.07, 6.45) is 2.20. The molecule has 0 spiro atoms. The summed E-state index contributed by atoms with van der Waals surface area (Å²) in [5.41, 5.74) is -1.78. The summed E-state index contributed by atoms with van der Waals surface area (Å²) < 4.78 is 37.0. The van der Waals surface area contributed by atoms with Crippen molar-refractivity contribution in [3.63, 3.8) is 0 Å². The molecular formula is C29H34F2N6O4. The summed E-state index contributed by atoms with van der Waals surface area (Å²) >= 11 is 0. The number of aromatic hydroxyl groups is 1. The molecule has 0 bridgehead atoms. The van der Waals surface area contributed by atoms with Crippen LogP contribution in [0.3, 0.4) is 0 Å². The molecule has 12 heteroatoms. The van der Waals surface area contributed by atoms with Gasteiger partial charge in [0.2, 0.25) is 0 Å². The van der Waals surface area contributed by atoms with Crippen molar-refractivity contribution in [2.45, 2.75) is 59.1 Å². The second-order valence-electron chi connectivity index (χ2n) is 10.9. The molecule has 0 unspecified atom stereocenters. The SMILES string of the molecule is C=N/C(=C/n1c(=O)nc(N2CCN(C(=O)OC(C)(C)C)C[C@@H]2C)c2cc(F)c(-c3c(O)cccc3F)nc21)CCC. The third kappa shape index (κ3) is 6.21. The number of phenolic OH excluding ortho intramolecular Hbond substituents is 1. The highest BCUT2D eigenvalue weighted by molar-refractivity contribution is 5.91. The largest absolute Gasteiger partial charge is 0.507 e. The Morgan fingerprint density at radius 3 is 2.59 bits per heavy atom. The van der Waals surface area contributed by atoms with E-state index in [0.29, 0.717) is 12.1 Å². The first kappa shape index (κ1) is 29.6. The van der Waals surface area contributed by atoms with Gasteiger partial charge in [0.05, 0.1) is 16.6 Å². The molecule has 0 radical (unpaired) electrons. The van der Waals surface area contributed by atoms with Crippen LogP contribution in [0.5, 0.6) is 5.75 Å². The monoisotopic (exact) mass is 568 g/mol. The number of phenols is 1. The Bertz CT molecular complexity index is 1560. The Morgan fingerprint density at radius 2 is 1.98 bits per heavy atom. The minimum Gasteiger partial charge on any atom is -0.507 e. The van der Waals surface area contributed by atoms with Crippen LogP contribution in [-0.4, -0.2) is 68.6 Å².